The maximum absolute atomic E-state index is 13.8. The highest BCUT2D eigenvalue weighted by Gasteiger charge is 2.33. The van der Waals surface area contributed by atoms with Crippen LogP contribution in [0.2, 0.25) is 0 Å². The molecule has 1 atom stereocenters. The van der Waals surface area contributed by atoms with E-state index in [9.17, 15) is 4.79 Å². The Balaban J connectivity index is 1.71. The van der Waals surface area contributed by atoms with Crippen molar-refractivity contribution in [2.75, 3.05) is 7.11 Å². The number of H-pyrrole nitrogens is 1. The van der Waals surface area contributed by atoms with Crippen molar-refractivity contribution in [3.05, 3.63) is 117 Å². The molecule has 1 N–H and O–H groups in total. The number of aromatic nitrogens is 5. The monoisotopic (exact) mass is 522 g/mol. The van der Waals surface area contributed by atoms with Crippen molar-refractivity contribution in [1.82, 2.24) is 30.1 Å². The second-order valence-electron chi connectivity index (χ2n) is 10.9. The van der Waals surface area contributed by atoms with E-state index in [2.05, 4.69) is 64.4 Å². The number of nitrogens with zero attached hydrogens (tertiary/aromatic N) is 5. The average Bonchev–Trinajstić information content (AvgIpc) is 3.40. The Morgan fingerprint density at radius 1 is 0.949 bits per heavy atom. The van der Waals surface area contributed by atoms with Gasteiger partial charge in [0.15, 0.2) is 5.82 Å². The summed E-state index contributed by atoms with van der Waals surface area (Å²) in [6.45, 7) is 9.33. The van der Waals surface area contributed by atoms with Crippen LogP contribution in [0.1, 0.15) is 54.9 Å². The normalized spacial score (nSPS) is 12.7. The third-order valence-electron chi connectivity index (χ3n) is 6.84. The van der Waals surface area contributed by atoms with Gasteiger partial charge in [-0.1, -0.05) is 54.6 Å². The fraction of sp³-hybridized carbons (Fsp3) is 0.290. The molecule has 0 aliphatic heterocycles. The molecular weight excluding hydrogens is 488 g/mol. The second-order valence-corrected chi connectivity index (χ2v) is 10.9. The first-order chi connectivity index (χ1) is 18.7. The highest BCUT2D eigenvalue weighted by atomic mass is 16.5. The first-order valence-corrected chi connectivity index (χ1v) is 13.1. The van der Waals surface area contributed by atoms with E-state index < -0.39 is 11.6 Å². The number of rotatable bonds is 8. The van der Waals surface area contributed by atoms with Crippen LogP contribution in [0.25, 0.3) is 10.9 Å². The van der Waals surface area contributed by atoms with Gasteiger partial charge in [-0.3, -0.25) is 9.69 Å². The zero-order valence-electron chi connectivity index (χ0n) is 23.0. The number of ether oxygens (including phenoxy) is 1. The lowest BCUT2D eigenvalue weighted by molar-refractivity contribution is 0.184. The number of nitrogens with one attached hydrogen (secondary N) is 1. The van der Waals surface area contributed by atoms with E-state index in [4.69, 9.17) is 4.74 Å². The number of hydrogen-bond donors (Lipinski definition) is 1. The first kappa shape index (κ1) is 26.3. The maximum atomic E-state index is 13.8. The Hall–Kier alpha value is -4.30. The van der Waals surface area contributed by atoms with Gasteiger partial charge < -0.3 is 9.72 Å². The Kier molecular flexibility index (Phi) is 7.30. The van der Waals surface area contributed by atoms with Gasteiger partial charge in [-0.15, -0.1) is 5.10 Å². The molecule has 0 saturated carbocycles. The zero-order valence-corrected chi connectivity index (χ0v) is 23.0. The number of benzene rings is 3. The molecule has 8 nitrogen and oxygen atoms in total. The topological polar surface area (TPSA) is 88.9 Å². The number of pyridine rings is 1. The summed E-state index contributed by atoms with van der Waals surface area (Å²) >= 11 is 0. The van der Waals surface area contributed by atoms with Crippen LogP contribution >= 0.6 is 0 Å². The minimum Gasteiger partial charge on any atom is -0.497 e. The summed E-state index contributed by atoms with van der Waals surface area (Å²) in [7, 11) is 1.66. The van der Waals surface area contributed by atoms with Gasteiger partial charge in [0.1, 0.15) is 11.8 Å². The lowest BCUT2D eigenvalue weighted by atomic mass is 9.99. The fourth-order valence-corrected chi connectivity index (χ4v) is 4.90. The van der Waals surface area contributed by atoms with Crippen molar-refractivity contribution in [2.24, 2.45) is 0 Å². The molecule has 0 spiro atoms. The van der Waals surface area contributed by atoms with E-state index in [0.717, 1.165) is 33.3 Å². The number of methoxy groups -OCH3 is 1. The minimum atomic E-state index is -0.518. The van der Waals surface area contributed by atoms with Gasteiger partial charge in [0.25, 0.3) is 5.56 Å². The Labute approximate surface area is 228 Å². The molecule has 5 rings (SSSR count). The number of tetrazole rings is 1. The molecule has 0 unspecified atom stereocenters. The van der Waals surface area contributed by atoms with Crippen molar-refractivity contribution in [2.45, 2.75) is 52.4 Å². The average molecular weight is 523 g/mol. The first-order valence-electron chi connectivity index (χ1n) is 13.1. The Morgan fingerprint density at radius 3 is 2.31 bits per heavy atom. The third kappa shape index (κ3) is 5.76. The van der Waals surface area contributed by atoms with Gasteiger partial charge in [-0.05, 0) is 84.5 Å². The quantitative estimate of drug-likeness (QED) is 0.294. The lowest BCUT2D eigenvalue weighted by Gasteiger charge is -2.33. The molecule has 0 aliphatic carbocycles. The van der Waals surface area contributed by atoms with E-state index in [1.165, 1.54) is 0 Å². The van der Waals surface area contributed by atoms with Gasteiger partial charge in [0.05, 0.1) is 12.6 Å². The van der Waals surface area contributed by atoms with Crippen LogP contribution < -0.4 is 10.3 Å². The van der Waals surface area contributed by atoms with Crippen LogP contribution in [-0.4, -0.2) is 37.2 Å². The van der Waals surface area contributed by atoms with E-state index >= 15 is 0 Å². The van der Waals surface area contributed by atoms with Gasteiger partial charge in [0.2, 0.25) is 0 Å². The molecule has 0 fully saturated rings. The third-order valence-corrected chi connectivity index (χ3v) is 6.84. The SMILES string of the molecule is COc1ccc(CN(Cc2ccccc2)[C@H](c2cc3ccc(C)cc3[nH]c2=O)c2nnnn2C(C)(C)C)cc1. The molecule has 2 aromatic heterocycles. The molecule has 0 amide bonds. The molecule has 8 heteroatoms. The molecule has 0 bridgehead atoms. The van der Waals surface area contributed by atoms with E-state index in [1.807, 2.05) is 72.3 Å². The molecule has 200 valence electrons. The summed E-state index contributed by atoms with van der Waals surface area (Å²) in [4.78, 5) is 19.1. The lowest BCUT2D eigenvalue weighted by Crippen LogP contribution is -2.37. The fourth-order valence-electron chi connectivity index (χ4n) is 4.90. The van der Waals surface area contributed by atoms with Crippen LogP contribution in [0.3, 0.4) is 0 Å². The summed E-state index contributed by atoms with van der Waals surface area (Å²) in [6.07, 6.45) is 0. The van der Waals surface area contributed by atoms with E-state index in [1.54, 1.807) is 7.11 Å². The molecule has 5 aromatic rings. The number of aromatic amines is 1. The molecule has 2 heterocycles. The predicted octanol–water partition coefficient (Wildman–Crippen LogP) is 5.38. The van der Waals surface area contributed by atoms with Crippen molar-refractivity contribution in [3.63, 3.8) is 0 Å². The smallest absolute Gasteiger partial charge is 0.253 e. The minimum absolute atomic E-state index is 0.158. The molecule has 0 saturated heterocycles. The Bertz CT molecular complexity index is 1620. The van der Waals surface area contributed by atoms with Crippen LogP contribution in [0.5, 0.6) is 5.75 Å². The maximum Gasteiger partial charge on any atom is 0.253 e. The summed E-state index contributed by atoms with van der Waals surface area (Å²) in [6, 6.07) is 25.8. The summed E-state index contributed by atoms with van der Waals surface area (Å²) < 4.78 is 7.20. The Morgan fingerprint density at radius 2 is 1.64 bits per heavy atom. The van der Waals surface area contributed by atoms with Crippen LogP contribution in [-0.2, 0) is 18.6 Å². The van der Waals surface area contributed by atoms with E-state index in [0.29, 0.717) is 24.5 Å². The summed E-state index contributed by atoms with van der Waals surface area (Å²) in [5.41, 5.74) is 4.14. The number of fused-ring (bicyclic) bond motifs is 1. The summed E-state index contributed by atoms with van der Waals surface area (Å²) in [5.74, 6) is 1.41. The standard InChI is InChI=1S/C31H34N6O2/c1-21-11-14-24-18-26(30(38)32-27(24)17-21)28(29-33-34-35-37(29)31(2,3)4)36(19-22-9-7-6-8-10-22)20-23-12-15-25(39-5)16-13-23/h6-18,28H,19-20H2,1-5H3,(H,32,38)/t28-/m1/s1. The van der Waals surface area contributed by atoms with Crippen LogP contribution in [0.4, 0.5) is 0 Å². The van der Waals surface area contributed by atoms with Gasteiger partial charge in [0, 0.05) is 24.2 Å². The second kappa shape index (κ2) is 10.8. The number of aryl methyl sites for hydroxylation is 1. The van der Waals surface area contributed by atoms with Gasteiger partial charge >= 0.3 is 0 Å². The van der Waals surface area contributed by atoms with Gasteiger partial charge in [-0.2, -0.15) is 0 Å². The molecular formula is C31H34N6O2. The van der Waals surface area contributed by atoms with Crippen molar-refractivity contribution in [1.29, 1.82) is 0 Å². The molecule has 0 aliphatic rings. The van der Waals surface area contributed by atoms with E-state index in [-0.39, 0.29) is 5.56 Å². The van der Waals surface area contributed by atoms with Crippen LogP contribution in [0, 0.1) is 6.92 Å². The molecule has 39 heavy (non-hydrogen) atoms. The van der Waals surface area contributed by atoms with Crippen molar-refractivity contribution < 1.29 is 4.74 Å². The largest absolute Gasteiger partial charge is 0.497 e. The van der Waals surface area contributed by atoms with Crippen molar-refractivity contribution >= 4 is 10.9 Å². The highest BCUT2D eigenvalue weighted by molar-refractivity contribution is 5.79. The van der Waals surface area contributed by atoms with Crippen molar-refractivity contribution in [3.8, 4) is 5.75 Å². The molecule has 3 aromatic carbocycles. The number of hydrogen-bond acceptors (Lipinski definition) is 6. The highest BCUT2D eigenvalue weighted by Crippen LogP contribution is 2.32. The van der Waals surface area contributed by atoms with Gasteiger partial charge in [-0.25, -0.2) is 4.68 Å². The van der Waals surface area contributed by atoms with Crippen LogP contribution in [0.15, 0.2) is 83.7 Å². The zero-order chi connectivity index (χ0) is 27.6. The summed E-state index contributed by atoms with van der Waals surface area (Å²) in [5, 5.41) is 13.9. The predicted molar refractivity (Wildman–Crippen MR) is 153 cm³/mol. The molecule has 0 radical (unpaired) electrons.